The lowest BCUT2D eigenvalue weighted by atomic mass is 9.86. The lowest BCUT2D eigenvalue weighted by Crippen LogP contribution is -2.67. The quantitative estimate of drug-likeness (QED) is 0.624. The lowest BCUT2D eigenvalue weighted by molar-refractivity contribution is 0.0274. The summed E-state index contributed by atoms with van der Waals surface area (Å²) < 4.78 is 5.53. The molecule has 3 nitrogen and oxygen atoms in total. The Morgan fingerprint density at radius 2 is 1.93 bits per heavy atom. The fourth-order valence-corrected chi connectivity index (χ4v) is 2.20. The minimum Gasteiger partial charge on any atom is -0.380 e. The number of rotatable bonds is 8. The average molecular weight is 214 g/mol. The van der Waals surface area contributed by atoms with Crippen LogP contribution in [0.2, 0.25) is 0 Å². The van der Waals surface area contributed by atoms with Crippen LogP contribution in [0.1, 0.15) is 39.5 Å². The Hall–Kier alpha value is -0.120. The number of hydrogen-bond acceptors (Lipinski definition) is 3. The monoisotopic (exact) mass is 214 g/mol. The third-order valence-electron chi connectivity index (χ3n) is 3.02. The molecule has 1 aliphatic heterocycles. The van der Waals surface area contributed by atoms with E-state index in [1.165, 1.54) is 19.3 Å². The zero-order valence-electron chi connectivity index (χ0n) is 10.3. The number of nitrogens with two attached hydrogens (primary N) is 1. The first kappa shape index (κ1) is 12.9. The van der Waals surface area contributed by atoms with Crippen molar-refractivity contribution in [2.24, 2.45) is 5.73 Å². The van der Waals surface area contributed by atoms with E-state index in [1.54, 1.807) is 0 Å². The Bertz CT molecular complexity index is 167. The van der Waals surface area contributed by atoms with Gasteiger partial charge in [0.2, 0.25) is 0 Å². The molecule has 3 heteroatoms. The van der Waals surface area contributed by atoms with Crippen molar-refractivity contribution in [3.8, 4) is 0 Å². The number of ether oxygens (including phenoxy) is 1. The van der Waals surface area contributed by atoms with Crippen LogP contribution in [0.5, 0.6) is 0 Å². The van der Waals surface area contributed by atoms with Crippen molar-refractivity contribution in [2.45, 2.75) is 45.1 Å². The lowest BCUT2D eigenvalue weighted by Gasteiger charge is -2.48. The van der Waals surface area contributed by atoms with Crippen molar-refractivity contribution in [2.75, 3.05) is 32.8 Å². The van der Waals surface area contributed by atoms with Gasteiger partial charge in [0, 0.05) is 31.8 Å². The first-order valence-corrected chi connectivity index (χ1v) is 6.29. The van der Waals surface area contributed by atoms with Gasteiger partial charge in [-0.25, -0.2) is 0 Å². The van der Waals surface area contributed by atoms with Crippen molar-refractivity contribution in [1.29, 1.82) is 0 Å². The van der Waals surface area contributed by atoms with Gasteiger partial charge in [-0.3, -0.25) is 4.90 Å². The second-order valence-corrected chi connectivity index (χ2v) is 4.79. The molecule has 1 aliphatic rings. The van der Waals surface area contributed by atoms with Gasteiger partial charge in [-0.2, -0.15) is 0 Å². The highest BCUT2D eigenvalue weighted by atomic mass is 16.5. The van der Waals surface area contributed by atoms with Gasteiger partial charge in [0.1, 0.15) is 0 Å². The van der Waals surface area contributed by atoms with Gasteiger partial charge in [-0.1, -0.05) is 26.7 Å². The van der Waals surface area contributed by atoms with Crippen LogP contribution in [0.15, 0.2) is 0 Å². The normalized spacial score (nSPS) is 20.2. The van der Waals surface area contributed by atoms with Gasteiger partial charge < -0.3 is 10.5 Å². The van der Waals surface area contributed by atoms with Crippen LogP contribution in [-0.4, -0.2) is 43.3 Å². The number of likely N-dealkylation sites (tertiary alicyclic amines) is 1. The summed E-state index contributed by atoms with van der Waals surface area (Å²) in [6.45, 7) is 9.31. The molecule has 1 fully saturated rings. The van der Waals surface area contributed by atoms with Crippen molar-refractivity contribution in [3.05, 3.63) is 0 Å². The largest absolute Gasteiger partial charge is 0.380 e. The van der Waals surface area contributed by atoms with Gasteiger partial charge in [0.15, 0.2) is 0 Å². The maximum Gasteiger partial charge on any atom is 0.0593 e. The van der Waals surface area contributed by atoms with Crippen LogP contribution in [0.4, 0.5) is 0 Å². The minimum absolute atomic E-state index is 0.109. The zero-order valence-corrected chi connectivity index (χ0v) is 10.3. The summed E-state index contributed by atoms with van der Waals surface area (Å²) in [7, 11) is 0. The number of nitrogens with zero attached hydrogens (tertiary/aromatic N) is 1. The molecule has 0 unspecified atom stereocenters. The fourth-order valence-electron chi connectivity index (χ4n) is 2.20. The standard InChI is InChI=1S/C12H26N2O/c1-3-5-8-15-9-7-14-10-12(13,11-14)6-4-2/h3-11,13H2,1-2H3. The molecule has 15 heavy (non-hydrogen) atoms. The maximum absolute atomic E-state index is 6.17. The van der Waals surface area contributed by atoms with Gasteiger partial charge in [0.05, 0.1) is 6.61 Å². The first-order valence-electron chi connectivity index (χ1n) is 6.29. The van der Waals surface area contributed by atoms with E-state index >= 15 is 0 Å². The molecule has 2 N–H and O–H groups in total. The van der Waals surface area contributed by atoms with Crippen LogP contribution >= 0.6 is 0 Å². The fraction of sp³-hybridized carbons (Fsp3) is 1.00. The maximum atomic E-state index is 6.17. The number of hydrogen-bond donors (Lipinski definition) is 1. The van der Waals surface area contributed by atoms with E-state index in [4.69, 9.17) is 10.5 Å². The molecule has 0 radical (unpaired) electrons. The molecule has 1 saturated heterocycles. The van der Waals surface area contributed by atoms with Crippen molar-refractivity contribution < 1.29 is 4.74 Å². The van der Waals surface area contributed by atoms with Crippen molar-refractivity contribution in [1.82, 2.24) is 4.90 Å². The molecule has 90 valence electrons. The molecule has 0 atom stereocenters. The average Bonchev–Trinajstić information content (AvgIpc) is 2.15. The summed E-state index contributed by atoms with van der Waals surface area (Å²) in [5.41, 5.74) is 6.28. The summed E-state index contributed by atoms with van der Waals surface area (Å²) >= 11 is 0. The summed E-state index contributed by atoms with van der Waals surface area (Å²) in [4.78, 5) is 2.39. The van der Waals surface area contributed by atoms with Gasteiger partial charge in [-0.15, -0.1) is 0 Å². The smallest absolute Gasteiger partial charge is 0.0593 e. The molecule has 0 aromatic rings. The van der Waals surface area contributed by atoms with E-state index in [0.717, 1.165) is 39.3 Å². The molecule has 0 bridgehead atoms. The highest BCUT2D eigenvalue weighted by molar-refractivity contribution is 4.99. The highest BCUT2D eigenvalue weighted by Crippen LogP contribution is 2.22. The summed E-state index contributed by atoms with van der Waals surface area (Å²) in [5, 5.41) is 0. The van der Waals surface area contributed by atoms with Crippen LogP contribution in [0, 0.1) is 0 Å². The Morgan fingerprint density at radius 3 is 2.53 bits per heavy atom. The highest BCUT2D eigenvalue weighted by Gasteiger charge is 2.37. The van der Waals surface area contributed by atoms with E-state index in [-0.39, 0.29) is 5.54 Å². The van der Waals surface area contributed by atoms with Crippen LogP contribution < -0.4 is 5.73 Å². The molecule has 0 aromatic carbocycles. The van der Waals surface area contributed by atoms with Gasteiger partial charge >= 0.3 is 0 Å². The minimum atomic E-state index is 0.109. The molecular weight excluding hydrogens is 188 g/mol. The van der Waals surface area contributed by atoms with Crippen molar-refractivity contribution >= 4 is 0 Å². The molecule has 0 amide bonds. The van der Waals surface area contributed by atoms with E-state index in [9.17, 15) is 0 Å². The Labute approximate surface area is 94.0 Å². The Balaban J connectivity index is 1.93. The molecular formula is C12H26N2O. The van der Waals surface area contributed by atoms with E-state index in [0.29, 0.717) is 0 Å². The molecule has 0 aliphatic carbocycles. The van der Waals surface area contributed by atoms with E-state index < -0.39 is 0 Å². The van der Waals surface area contributed by atoms with Crippen LogP contribution in [-0.2, 0) is 4.74 Å². The van der Waals surface area contributed by atoms with Crippen LogP contribution in [0.3, 0.4) is 0 Å². The predicted octanol–water partition coefficient (Wildman–Crippen LogP) is 1.62. The SMILES string of the molecule is CCCCOCCN1CC(N)(CCC)C1. The third-order valence-corrected chi connectivity index (χ3v) is 3.02. The topological polar surface area (TPSA) is 38.5 Å². The molecule has 0 saturated carbocycles. The molecule has 1 rings (SSSR count). The summed E-state index contributed by atoms with van der Waals surface area (Å²) in [5.74, 6) is 0. The first-order chi connectivity index (χ1) is 7.20. The number of unbranched alkanes of at least 4 members (excludes halogenated alkanes) is 1. The summed E-state index contributed by atoms with van der Waals surface area (Å²) in [6, 6.07) is 0. The third kappa shape index (κ3) is 4.49. The molecule has 0 aromatic heterocycles. The second kappa shape index (κ2) is 6.46. The second-order valence-electron chi connectivity index (χ2n) is 4.79. The predicted molar refractivity (Wildman–Crippen MR) is 64.0 cm³/mol. The van der Waals surface area contributed by atoms with Crippen LogP contribution in [0.25, 0.3) is 0 Å². The molecule has 0 spiro atoms. The summed E-state index contributed by atoms with van der Waals surface area (Å²) in [6.07, 6.45) is 4.74. The van der Waals surface area contributed by atoms with Crippen molar-refractivity contribution in [3.63, 3.8) is 0 Å². The van der Waals surface area contributed by atoms with E-state index in [1.807, 2.05) is 0 Å². The Morgan fingerprint density at radius 1 is 1.20 bits per heavy atom. The van der Waals surface area contributed by atoms with Gasteiger partial charge in [-0.05, 0) is 12.8 Å². The molecule has 1 heterocycles. The van der Waals surface area contributed by atoms with Gasteiger partial charge in [0.25, 0.3) is 0 Å². The zero-order chi connectivity index (χ0) is 11.1. The Kier molecular flexibility index (Phi) is 5.58. The van der Waals surface area contributed by atoms with E-state index in [2.05, 4.69) is 18.7 Å².